The normalized spacial score (nSPS) is 10.9. The molecule has 140 valence electrons. The lowest BCUT2D eigenvalue weighted by molar-refractivity contribution is -0.119. The molecular weight excluding hydrogens is 370 g/mol. The lowest BCUT2D eigenvalue weighted by Crippen LogP contribution is -2.33. The molecule has 0 saturated carbocycles. The van der Waals surface area contributed by atoms with Gasteiger partial charge in [-0.1, -0.05) is 43.3 Å². The van der Waals surface area contributed by atoms with Gasteiger partial charge < -0.3 is 15.1 Å². The Morgan fingerprint density at radius 2 is 1.93 bits per heavy atom. The molecule has 2 N–H and O–H groups in total. The Bertz CT molecular complexity index is 1180. The molecule has 1 amide bonds. The standard InChI is InChI=1S/C22H19N3O2S/c1-2-6-20(26)25-22(28)23-15-11-12-19-18(13-15)24-21(27-19)17-10-5-8-14-7-3-4-9-16(14)17/h3-5,7-13H,2,6H2,1H3,(H2,23,25,26,28). The van der Waals surface area contributed by atoms with Crippen LogP contribution in [0, 0.1) is 0 Å². The highest BCUT2D eigenvalue weighted by Crippen LogP contribution is 2.31. The van der Waals surface area contributed by atoms with Crippen molar-refractivity contribution >= 4 is 50.8 Å². The highest BCUT2D eigenvalue weighted by molar-refractivity contribution is 7.80. The molecular formula is C22H19N3O2S. The summed E-state index contributed by atoms with van der Waals surface area (Å²) in [6, 6.07) is 19.8. The average Bonchev–Trinajstić information content (AvgIpc) is 3.10. The molecule has 0 saturated heterocycles. The maximum absolute atomic E-state index is 11.7. The molecule has 4 rings (SSSR count). The van der Waals surface area contributed by atoms with Crippen LogP contribution in [0.5, 0.6) is 0 Å². The largest absolute Gasteiger partial charge is 0.436 e. The second-order valence-electron chi connectivity index (χ2n) is 6.48. The van der Waals surface area contributed by atoms with Gasteiger partial charge >= 0.3 is 0 Å². The molecule has 0 fully saturated rings. The van der Waals surface area contributed by atoms with E-state index in [2.05, 4.69) is 33.8 Å². The van der Waals surface area contributed by atoms with Crippen molar-refractivity contribution < 1.29 is 9.21 Å². The van der Waals surface area contributed by atoms with Crippen LogP contribution in [0.15, 0.2) is 65.1 Å². The number of amides is 1. The van der Waals surface area contributed by atoms with Crippen LogP contribution in [0.3, 0.4) is 0 Å². The Hall–Kier alpha value is -3.25. The number of benzene rings is 3. The van der Waals surface area contributed by atoms with Crippen molar-refractivity contribution in [3.8, 4) is 11.5 Å². The molecule has 0 aliphatic rings. The number of nitrogens with one attached hydrogen (secondary N) is 2. The van der Waals surface area contributed by atoms with E-state index in [-0.39, 0.29) is 11.0 Å². The highest BCUT2D eigenvalue weighted by Gasteiger charge is 2.12. The number of fused-ring (bicyclic) bond motifs is 2. The fourth-order valence-electron chi connectivity index (χ4n) is 3.11. The third-order valence-corrected chi connectivity index (χ3v) is 4.60. The number of thiocarbonyl (C=S) groups is 1. The Morgan fingerprint density at radius 1 is 1.11 bits per heavy atom. The van der Waals surface area contributed by atoms with Gasteiger partial charge in [0.15, 0.2) is 10.7 Å². The van der Waals surface area contributed by atoms with Crippen molar-refractivity contribution in [3.63, 3.8) is 0 Å². The van der Waals surface area contributed by atoms with Gasteiger partial charge in [-0.2, -0.15) is 0 Å². The Kier molecular flexibility index (Phi) is 5.04. The van der Waals surface area contributed by atoms with Gasteiger partial charge in [0.2, 0.25) is 11.8 Å². The molecule has 1 aromatic heterocycles. The first-order valence-electron chi connectivity index (χ1n) is 9.13. The Labute approximate surface area is 167 Å². The number of anilines is 1. The summed E-state index contributed by atoms with van der Waals surface area (Å²) in [6.45, 7) is 1.95. The minimum atomic E-state index is -0.0965. The molecule has 0 radical (unpaired) electrons. The molecule has 5 nitrogen and oxygen atoms in total. The number of hydrogen-bond acceptors (Lipinski definition) is 4. The molecule has 0 aliphatic heterocycles. The first-order valence-corrected chi connectivity index (χ1v) is 9.54. The minimum Gasteiger partial charge on any atom is -0.436 e. The topological polar surface area (TPSA) is 67.2 Å². The molecule has 0 bridgehead atoms. The maximum Gasteiger partial charge on any atom is 0.227 e. The average molecular weight is 389 g/mol. The van der Waals surface area contributed by atoms with Crippen molar-refractivity contribution in [1.82, 2.24) is 10.3 Å². The lowest BCUT2D eigenvalue weighted by atomic mass is 10.0. The van der Waals surface area contributed by atoms with E-state index in [0.29, 0.717) is 17.9 Å². The molecule has 6 heteroatoms. The van der Waals surface area contributed by atoms with Gasteiger partial charge in [0.05, 0.1) is 0 Å². The van der Waals surface area contributed by atoms with E-state index < -0.39 is 0 Å². The summed E-state index contributed by atoms with van der Waals surface area (Å²) in [5.74, 6) is 0.475. The maximum atomic E-state index is 11.7. The molecule has 0 aliphatic carbocycles. The van der Waals surface area contributed by atoms with Crippen LogP contribution in [-0.2, 0) is 4.79 Å². The molecule has 0 atom stereocenters. The minimum absolute atomic E-state index is 0.0965. The monoisotopic (exact) mass is 389 g/mol. The summed E-state index contributed by atoms with van der Waals surface area (Å²) in [5, 5.41) is 8.19. The zero-order valence-corrected chi connectivity index (χ0v) is 16.2. The Balaban J connectivity index is 1.62. The predicted molar refractivity (Wildman–Crippen MR) is 116 cm³/mol. The lowest BCUT2D eigenvalue weighted by Gasteiger charge is -2.08. The zero-order valence-electron chi connectivity index (χ0n) is 15.4. The van der Waals surface area contributed by atoms with Crippen LogP contribution in [0.25, 0.3) is 33.3 Å². The number of carbonyl (C=O) groups excluding carboxylic acids is 1. The van der Waals surface area contributed by atoms with Crippen LogP contribution in [0.2, 0.25) is 0 Å². The fraction of sp³-hybridized carbons (Fsp3) is 0.136. The highest BCUT2D eigenvalue weighted by atomic mass is 32.1. The quantitative estimate of drug-likeness (QED) is 0.466. The molecule has 0 spiro atoms. The number of nitrogens with zero attached hydrogens (tertiary/aromatic N) is 1. The number of carbonyl (C=O) groups is 1. The second-order valence-corrected chi connectivity index (χ2v) is 6.89. The summed E-state index contributed by atoms with van der Waals surface area (Å²) in [7, 11) is 0. The van der Waals surface area contributed by atoms with E-state index in [1.54, 1.807) is 0 Å². The van der Waals surface area contributed by atoms with Crippen molar-refractivity contribution in [3.05, 3.63) is 60.7 Å². The third-order valence-electron chi connectivity index (χ3n) is 4.40. The van der Waals surface area contributed by atoms with E-state index in [0.717, 1.165) is 34.0 Å². The van der Waals surface area contributed by atoms with E-state index in [1.165, 1.54) is 0 Å². The molecule has 0 unspecified atom stereocenters. The second kappa shape index (κ2) is 7.78. The van der Waals surface area contributed by atoms with Gasteiger partial charge in [0.1, 0.15) is 5.52 Å². The van der Waals surface area contributed by atoms with Crippen molar-refractivity contribution in [2.75, 3.05) is 5.32 Å². The van der Waals surface area contributed by atoms with E-state index in [1.807, 2.05) is 49.4 Å². The first-order chi connectivity index (χ1) is 13.6. The molecule has 28 heavy (non-hydrogen) atoms. The first kappa shape index (κ1) is 18.1. The van der Waals surface area contributed by atoms with Gasteiger partial charge in [-0.3, -0.25) is 4.79 Å². The number of hydrogen-bond donors (Lipinski definition) is 2. The fourth-order valence-corrected chi connectivity index (χ4v) is 3.34. The summed E-state index contributed by atoms with van der Waals surface area (Å²) >= 11 is 5.20. The SMILES string of the molecule is CCCC(=O)NC(=S)Nc1ccc2oc(-c3cccc4ccccc34)nc2c1. The zero-order chi connectivity index (χ0) is 19.5. The van der Waals surface area contributed by atoms with Gasteiger partial charge in [0.25, 0.3) is 0 Å². The van der Waals surface area contributed by atoms with Crippen molar-refractivity contribution in [1.29, 1.82) is 0 Å². The number of rotatable bonds is 4. The van der Waals surface area contributed by atoms with Crippen LogP contribution in [0.4, 0.5) is 5.69 Å². The van der Waals surface area contributed by atoms with Gasteiger partial charge in [-0.15, -0.1) is 0 Å². The summed E-state index contributed by atoms with van der Waals surface area (Å²) in [6.07, 6.45) is 1.22. The predicted octanol–water partition coefficient (Wildman–Crippen LogP) is 5.26. The van der Waals surface area contributed by atoms with E-state index in [9.17, 15) is 4.79 Å². The van der Waals surface area contributed by atoms with Crippen LogP contribution < -0.4 is 10.6 Å². The van der Waals surface area contributed by atoms with Crippen molar-refractivity contribution in [2.24, 2.45) is 0 Å². The third kappa shape index (κ3) is 3.73. The van der Waals surface area contributed by atoms with Crippen LogP contribution in [0.1, 0.15) is 19.8 Å². The molecule has 1 heterocycles. The van der Waals surface area contributed by atoms with Gasteiger partial charge in [0, 0.05) is 17.7 Å². The summed E-state index contributed by atoms with van der Waals surface area (Å²) in [4.78, 5) is 16.3. The van der Waals surface area contributed by atoms with Crippen LogP contribution >= 0.6 is 12.2 Å². The van der Waals surface area contributed by atoms with Gasteiger partial charge in [-0.05, 0) is 53.7 Å². The summed E-state index contributed by atoms with van der Waals surface area (Å²) in [5.41, 5.74) is 3.10. The molecule has 4 aromatic rings. The van der Waals surface area contributed by atoms with Gasteiger partial charge in [-0.25, -0.2) is 4.98 Å². The van der Waals surface area contributed by atoms with Crippen molar-refractivity contribution in [2.45, 2.75) is 19.8 Å². The van der Waals surface area contributed by atoms with E-state index >= 15 is 0 Å². The smallest absolute Gasteiger partial charge is 0.227 e. The Morgan fingerprint density at radius 3 is 2.79 bits per heavy atom. The molecule has 3 aromatic carbocycles. The number of aromatic nitrogens is 1. The van der Waals surface area contributed by atoms with Crippen LogP contribution in [-0.4, -0.2) is 16.0 Å². The number of oxazole rings is 1. The van der Waals surface area contributed by atoms with E-state index in [4.69, 9.17) is 16.6 Å². The summed E-state index contributed by atoms with van der Waals surface area (Å²) < 4.78 is 5.98.